The highest BCUT2D eigenvalue weighted by molar-refractivity contribution is 8.01. The number of nitrogens with one attached hydrogen (secondary N) is 2. The molecule has 2 amide bonds. The van der Waals surface area contributed by atoms with Gasteiger partial charge in [-0.05, 0) is 37.0 Å². The van der Waals surface area contributed by atoms with Gasteiger partial charge in [-0.1, -0.05) is 91.0 Å². The SMILES string of the molecule is CCOC(=O)C(C)SCC(=O)[C@H](Cc1ccccc1)NC(=O)[C@H](Cc1ccccc1)NC(=O)OCc1ccccc1. The zero-order chi connectivity index (χ0) is 29.5. The van der Waals surface area contributed by atoms with Gasteiger partial charge < -0.3 is 20.1 Å². The highest BCUT2D eigenvalue weighted by atomic mass is 32.2. The van der Waals surface area contributed by atoms with E-state index in [2.05, 4.69) is 10.6 Å². The van der Waals surface area contributed by atoms with Gasteiger partial charge in [-0.25, -0.2) is 4.79 Å². The van der Waals surface area contributed by atoms with Crippen LogP contribution in [0.25, 0.3) is 0 Å². The van der Waals surface area contributed by atoms with Gasteiger partial charge >= 0.3 is 12.1 Å². The molecule has 3 atom stereocenters. The van der Waals surface area contributed by atoms with Crippen LogP contribution >= 0.6 is 11.8 Å². The molecule has 0 aromatic heterocycles. The quantitative estimate of drug-likeness (QED) is 0.256. The number of hydrogen-bond acceptors (Lipinski definition) is 7. The second-order valence-corrected chi connectivity index (χ2v) is 10.7. The van der Waals surface area contributed by atoms with Crippen LogP contribution in [0.5, 0.6) is 0 Å². The lowest BCUT2D eigenvalue weighted by Gasteiger charge is -2.23. The van der Waals surface area contributed by atoms with Gasteiger partial charge in [0.15, 0.2) is 5.78 Å². The second kappa shape index (κ2) is 16.9. The number of hydrogen-bond donors (Lipinski definition) is 2. The fourth-order valence-corrected chi connectivity index (χ4v) is 4.79. The van der Waals surface area contributed by atoms with E-state index in [1.165, 1.54) is 0 Å². The zero-order valence-corrected chi connectivity index (χ0v) is 24.1. The summed E-state index contributed by atoms with van der Waals surface area (Å²) in [6.07, 6.45) is -0.278. The number of alkyl carbamates (subject to hydrolysis) is 1. The summed E-state index contributed by atoms with van der Waals surface area (Å²) in [7, 11) is 0. The summed E-state index contributed by atoms with van der Waals surface area (Å²) in [5.74, 6) is -1.14. The van der Waals surface area contributed by atoms with Crippen molar-refractivity contribution in [2.75, 3.05) is 12.4 Å². The van der Waals surface area contributed by atoms with Crippen LogP contribution in [0.4, 0.5) is 4.79 Å². The van der Waals surface area contributed by atoms with Crippen LogP contribution < -0.4 is 10.6 Å². The fourth-order valence-electron chi connectivity index (χ4n) is 3.97. The Morgan fingerprint density at radius 1 is 0.707 bits per heavy atom. The first-order chi connectivity index (χ1) is 19.9. The number of carbonyl (C=O) groups excluding carboxylic acids is 4. The van der Waals surface area contributed by atoms with Crippen molar-refractivity contribution in [2.24, 2.45) is 0 Å². The molecule has 0 bridgehead atoms. The Morgan fingerprint density at radius 2 is 1.22 bits per heavy atom. The Morgan fingerprint density at radius 3 is 1.76 bits per heavy atom. The van der Waals surface area contributed by atoms with Crippen LogP contribution in [0, 0.1) is 0 Å². The molecule has 8 nitrogen and oxygen atoms in total. The molecule has 0 fully saturated rings. The van der Waals surface area contributed by atoms with Gasteiger partial charge in [0, 0.05) is 6.42 Å². The number of carbonyl (C=O) groups is 4. The van der Waals surface area contributed by atoms with E-state index >= 15 is 0 Å². The molecule has 2 N–H and O–H groups in total. The number of ketones is 1. The molecule has 0 saturated heterocycles. The molecular weight excluding hydrogens is 540 g/mol. The summed E-state index contributed by atoms with van der Waals surface area (Å²) in [5.41, 5.74) is 2.51. The Hall–Kier alpha value is -4.11. The van der Waals surface area contributed by atoms with Gasteiger partial charge in [0.1, 0.15) is 17.9 Å². The number of amides is 2. The van der Waals surface area contributed by atoms with Gasteiger partial charge in [0.05, 0.1) is 18.4 Å². The minimum absolute atomic E-state index is 0.00760. The van der Waals surface area contributed by atoms with Crippen molar-refractivity contribution in [1.82, 2.24) is 10.6 Å². The predicted molar refractivity (Wildman–Crippen MR) is 159 cm³/mol. The van der Waals surface area contributed by atoms with Crippen LogP contribution in [0.15, 0.2) is 91.0 Å². The third-order valence-electron chi connectivity index (χ3n) is 6.19. The standard InChI is InChI=1S/C32H36N2O6S/c1-3-39-31(37)23(2)41-22-29(35)27(19-24-13-7-4-8-14-24)33-30(36)28(20-25-15-9-5-10-16-25)34-32(38)40-21-26-17-11-6-12-18-26/h4-18,23,27-28H,3,19-22H2,1-2H3,(H,33,36)(H,34,38)/t23?,27-,28-/m0/s1. The molecule has 0 radical (unpaired) electrons. The Balaban J connectivity index is 1.73. The summed E-state index contributed by atoms with van der Waals surface area (Å²) in [6, 6.07) is 26.0. The van der Waals surface area contributed by atoms with Crippen LogP contribution in [0.1, 0.15) is 30.5 Å². The summed E-state index contributed by atoms with van der Waals surface area (Å²) >= 11 is 1.16. The molecule has 41 heavy (non-hydrogen) atoms. The number of thioether (sulfide) groups is 1. The molecule has 1 unspecified atom stereocenters. The molecule has 0 aliphatic heterocycles. The summed E-state index contributed by atoms with van der Waals surface area (Å²) < 4.78 is 10.4. The lowest BCUT2D eigenvalue weighted by atomic mass is 10.0. The molecule has 0 aliphatic carbocycles. The first-order valence-electron chi connectivity index (χ1n) is 13.5. The van der Waals surface area contributed by atoms with Crippen molar-refractivity contribution in [3.8, 4) is 0 Å². The fraction of sp³-hybridized carbons (Fsp3) is 0.312. The molecule has 9 heteroatoms. The van der Waals surface area contributed by atoms with Crippen LogP contribution in [-0.2, 0) is 43.3 Å². The molecule has 0 saturated carbocycles. The number of Topliss-reactive ketones (excluding diaryl/α,β-unsaturated/α-hetero) is 1. The molecule has 3 aromatic rings. The van der Waals surface area contributed by atoms with Crippen LogP contribution in [0.2, 0.25) is 0 Å². The minimum Gasteiger partial charge on any atom is -0.465 e. The van der Waals surface area contributed by atoms with Gasteiger partial charge in [0.25, 0.3) is 0 Å². The lowest BCUT2D eigenvalue weighted by molar-refractivity contribution is -0.142. The molecule has 216 valence electrons. The first kappa shape index (κ1) is 31.4. The zero-order valence-electron chi connectivity index (χ0n) is 23.3. The Labute approximate surface area is 245 Å². The average Bonchev–Trinajstić information content (AvgIpc) is 2.99. The van der Waals surface area contributed by atoms with E-state index in [1.807, 2.05) is 91.0 Å². The van der Waals surface area contributed by atoms with Gasteiger partial charge in [-0.3, -0.25) is 14.4 Å². The van der Waals surface area contributed by atoms with Crippen molar-refractivity contribution in [2.45, 2.75) is 50.6 Å². The number of rotatable bonds is 15. The van der Waals surface area contributed by atoms with E-state index in [1.54, 1.807) is 13.8 Å². The average molecular weight is 577 g/mol. The molecule has 3 aromatic carbocycles. The van der Waals surface area contributed by atoms with Gasteiger partial charge in [-0.2, -0.15) is 0 Å². The van der Waals surface area contributed by atoms with Crippen molar-refractivity contribution < 1.29 is 28.7 Å². The van der Waals surface area contributed by atoms with E-state index in [0.29, 0.717) is 0 Å². The van der Waals surface area contributed by atoms with Gasteiger partial charge in [-0.15, -0.1) is 11.8 Å². The predicted octanol–water partition coefficient (Wildman–Crippen LogP) is 4.51. The van der Waals surface area contributed by atoms with Crippen molar-refractivity contribution >= 4 is 35.5 Å². The van der Waals surface area contributed by atoms with Crippen molar-refractivity contribution in [3.05, 3.63) is 108 Å². The highest BCUT2D eigenvalue weighted by Crippen LogP contribution is 2.15. The first-order valence-corrected chi connectivity index (χ1v) is 14.6. The van der Waals surface area contributed by atoms with Crippen LogP contribution in [0.3, 0.4) is 0 Å². The minimum atomic E-state index is -0.988. The Kier molecular flexibility index (Phi) is 12.9. The summed E-state index contributed by atoms with van der Waals surface area (Å²) in [5, 5.41) is 5.00. The monoisotopic (exact) mass is 576 g/mol. The summed E-state index contributed by atoms with van der Waals surface area (Å²) in [4.78, 5) is 51.6. The maximum atomic E-state index is 13.6. The smallest absolute Gasteiger partial charge is 0.408 e. The maximum absolute atomic E-state index is 13.6. The number of ether oxygens (including phenoxy) is 2. The molecule has 0 spiro atoms. The molecule has 3 rings (SSSR count). The Bertz CT molecular complexity index is 1260. The van der Waals surface area contributed by atoms with E-state index in [0.717, 1.165) is 28.5 Å². The van der Waals surface area contributed by atoms with Crippen molar-refractivity contribution in [3.63, 3.8) is 0 Å². The largest absolute Gasteiger partial charge is 0.465 e. The number of esters is 1. The van der Waals surface area contributed by atoms with E-state index in [9.17, 15) is 19.2 Å². The number of benzene rings is 3. The van der Waals surface area contributed by atoms with Gasteiger partial charge in [0.2, 0.25) is 5.91 Å². The second-order valence-electron chi connectivity index (χ2n) is 9.37. The van der Waals surface area contributed by atoms with E-state index < -0.39 is 35.3 Å². The molecular formula is C32H36N2O6S. The third-order valence-corrected chi connectivity index (χ3v) is 7.33. The maximum Gasteiger partial charge on any atom is 0.408 e. The lowest BCUT2D eigenvalue weighted by Crippen LogP contribution is -2.53. The molecule has 0 aliphatic rings. The van der Waals surface area contributed by atoms with Crippen LogP contribution in [-0.4, -0.2) is 53.4 Å². The normalized spacial score (nSPS) is 12.8. The molecule has 0 heterocycles. The van der Waals surface area contributed by atoms with E-state index in [4.69, 9.17) is 9.47 Å². The van der Waals surface area contributed by atoms with E-state index in [-0.39, 0.29) is 37.6 Å². The summed E-state index contributed by atoms with van der Waals surface area (Å²) in [6.45, 7) is 3.72. The highest BCUT2D eigenvalue weighted by Gasteiger charge is 2.28. The third kappa shape index (κ3) is 11.1. The topological polar surface area (TPSA) is 111 Å². The van der Waals surface area contributed by atoms with Crippen molar-refractivity contribution in [1.29, 1.82) is 0 Å².